The summed E-state index contributed by atoms with van der Waals surface area (Å²) < 4.78 is 0. The summed E-state index contributed by atoms with van der Waals surface area (Å²) in [6, 6.07) is 8.39. The van der Waals surface area contributed by atoms with E-state index in [0.717, 1.165) is 30.1 Å². The smallest absolute Gasteiger partial charge is 0.0639 e. The maximum Gasteiger partial charge on any atom is 0.0639 e. The molecular formula is C12H16ClNO. The van der Waals surface area contributed by atoms with Gasteiger partial charge in [0.15, 0.2) is 0 Å². The SMILES string of the molecule is OCCC1CCCN1c1ccccc1Cl. The van der Waals surface area contributed by atoms with E-state index in [2.05, 4.69) is 11.0 Å². The van der Waals surface area contributed by atoms with Gasteiger partial charge in [-0.1, -0.05) is 23.7 Å². The fourth-order valence-electron chi connectivity index (χ4n) is 2.29. The highest BCUT2D eigenvalue weighted by Crippen LogP contribution is 2.32. The monoisotopic (exact) mass is 225 g/mol. The van der Waals surface area contributed by atoms with Crippen LogP contribution in [0.4, 0.5) is 5.69 Å². The molecule has 1 aliphatic rings. The second kappa shape index (κ2) is 4.86. The molecule has 1 saturated heterocycles. The van der Waals surface area contributed by atoms with Gasteiger partial charge in [0.1, 0.15) is 0 Å². The minimum atomic E-state index is 0.256. The Labute approximate surface area is 95.5 Å². The van der Waals surface area contributed by atoms with E-state index >= 15 is 0 Å². The first kappa shape index (κ1) is 10.8. The van der Waals surface area contributed by atoms with E-state index in [-0.39, 0.29) is 6.61 Å². The molecule has 0 aliphatic carbocycles. The van der Waals surface area contributed by atoms with E-state index in [9.17, 15) is 0 Å². The molecule has 2 nitrogen and oxygen atoms in total. The molecular weight excluding hydrogens is 210 g/mol. The predicted molar refractivity (Wildman–Crippen MR) is 63.5 cm³/mol. The Morgan fingerprint density at radius 2 is 2.20 bits per heavy atom. The average molecular weight is 226 g/mol. The lowest BCUT2D eigenvalue weighted by molar-refractivity contribution is 0.276. The van der Waals surface area contributed by atoms with Gasteiger partial charge >= 0.3 is 0 Å². The number of hydrogen-bond acceptors (Lipinski definition) is 2. The number of hydrogen-bond donors (Lipinski definition) is 1. The van der Waals surface area contributed by atoms with Crippen molar-refractivity contribution in [2.45, 2.75) is 25.3 Å². The van der Waals surface area contributed by atoms with Crippen LogP contribution in [0, 0.1) is 0 Å². The summed E-state index contributed by atoms with van der Waals surface area (Å²) in [5, 5.41) is 9.81. The van der Waals surface area contributed by atoms with Crippen LogP contribution in [0.15, 0.2) is 24.3 Å². The molecule has 0 spiro atoms. The number of aliphatic hydroxyl groups excluding tert-OH is 1. The molecule has 0 amide bonds. The molecule has 15 heavy (non-hydrogen) atoms. The Morgan fingerprint density at radius 3 is 2.93 bits per heavy atom. The number of anilines is 1. The Morgan fingerprint density at radius 1 is 1.40 bits per heavy atom. The maximum atomic E-state index is 9.00. The van der Waals surface area contributed by atoms with E-state index < -0.39 is 0 Å². The molecule has 3 heteroatoms. The predicted octanol–water partition coefficient (Wildman–Crippen LogP) is 2.69. The highest BCUT2D eigenvalue weighted by Gasteiger charge is 2.25. The van der Waals surface area contributed by atoms with Crippen molar-refractivity contribution in [1.82, 2.24) is 0 Å². The van der Waals surface area contributed by atoms with Crippen molar-refractivity contribution in [3.63, 3.8) is 0 Å². The van der Waals surface area contributed by atoms with Gasteiger partial charge in [-0.15, -0.1) is 0 Å². The zero-order valence-electron chi connectivity index (χ0n) is 8.69. The van der Waals surface area contributed by atoms with Crippen molar-refractivity contribution in [2.24, 2.45) is 0 Å². The lowest BCUT2D eigenvalue weighted by Crippen LogP contribution is -2.30. The molecule has 1 aliphatic heterocycles. The van der Waals surface area contributed by atoms with Crippen molar-refractivity contribution >= 4 is 17.3 Å². The summed E-state index contributed by atoms with van der Waals surface area (Å²) in [5.41, 5.74) is 1.11. The Kier molecular flexibility index (Phi) is 3.49. The second-order valence-electron chi connectivity index (χ2n) is 3.95. The van der Waals surface area contributed by atoms with E-state index in [4.69, 9.17) is 16.7 Å². The molecule has 1 unspecified atom stereocenters. The highest BCUT2D eigenvalue weighted by atomic mass is 35.5. The van der Waals surface area contributed by atoms with Crippen molar-refractivity contribution in [3.05, 3.63) is 29.3 Å². The summed E-state index contributed by atoms with van der Waals surface area (Å²) in [6.07, 6.45) is 3.19. The molecule has 1 heterocycles. The fourth-order valence-corrected chi connectivity index (χ4v) is 2.53. The van der Waals surface area contributed by atoms with Crippen LogP contribution in [0.5, 0.6) is 0 Å². The molecule has 0 radical (unpaired) electrons. The first-order valence-corrected chi connectivity index (χ1v) is 5.83. The standard InChI is InChI=1S/C12H16ClNO/c13-11-5-1-2-6-12(11)14-8-3-4-10(14)7-9-15/h1-2,5-6,10,15H,3-4,7-9H2. The summed E-state index contributed by atoms with van der Waals surface area (Å²) in [7, 11) is 0. The van der Waals surface area contributed by atoms with E-state index in [1.54, 1.807) is 0 Å². The second-order valence-corrected chi connectivity index (χ2v) is 4.36. The van der Waals surface area contributed by atoms with Crippen LogP contribution in [0.1, 0.15) is 19.3 Å². The van der Waals surface area contributed by atoms with Crippen LogP contribution in [-0.2, 0) is 0 Å². The molecule has 82 valence electrons. The van der Waals surface area contributed by atoms with E-state index in [1.165, 1.54) is 6.42 Å². The lowest BCUT2D eigenvalue weighted by Gasteiger charge is -2.27. The number of benzene rings is 1. The first-order valence-electron chi connectivity index (χ1n) is 5.45. The number of para-hydroxylation sites is 1. The van der Waals surface area contributed by atoms with Gasteiger partial charge in [0.25, 0.3) is 0 Å². The summed E-state index contributed by atoms with van der Waals surface area (Å²) in [4.78, 5) is 2.32. The van der Waals surface area contributed by atoms with Gasteiger partial charge in [0.05, 0.1) is 10.7 Å². The third-order valence-corrected chi connectivity index (χ3v) is 3.32. The Balaban J connectivity index is 2.19. The van der Waals surface area contributed by atoms with Crippen molar-refractivity contribution < 1.29 is 5.11 Å². The van der Waals surface area contributed by atoms with Gasteiger partial charge in [0, 0.05) is 19.2 Å². The Hall–Kier alpha value is -0.730. The minimum Gasteiger partial charge on any atom is -0.396 e. The van der Waals surface area contributed by atoms with Crippen molar-refractivity contribution in [1.29, 1.82) is 0 Å². The fraction of sp³-hybridized carbons (Fsp3) is 0.500. The average Bonchev–Trinajstić information content (AvgIpc) is 2.67. The van der Waals surface area contributed by atoms with Crippen LogP contribution in [0.2, 0.25) is 5.02 Å². The van der Waals surface area contributed by atoms with Crippen molar-refractivity contribution in [3.8, 4) is 0 Å². The number of nitrogens with zero attached hydrogens (tertiary/aromatic N) is 1. The van der Waals surface area contributed by atoms with E-state index in [0.29, 0.717) is 6.04 Å². The van der Waals surface area contributed by atoms with Gasteiger partial charge in [-0.2, -0.15) is 0 Å². The summed E-state index contributed by atoms with van der Waals surface area (Å²) >= 11 is 6.17. The topological polar surface area (TPSA) is 23.5 Å². The third kappa shape index (κ3) is 2.27. The lowest BCUT2D eigenvalue weighted by atomic mass is 10.1. The first-order chi connectivity index (χ1) is 7.33. The molecule has 1 aromatic carbocycles. The summed E-state index contributed by atoms with van der Waals surface area (Å²) in [6.45, 7) is 1.31. The minimum absolute atomic E-state index is 0.256. The quantitative estimate of drug-likeness (QED) is 0.855. The zero-order valence-corrected chi connectivity index (χ0v) is 9.45. The van der Waals surface area contributed by atoms with Gasteiger partial charge in [-0.3, -0.25) is 0 Å². The third-order valence-electron chi connectivity index (χ3n) is 3.00. The largest absolute Gasteiger partial charge is 0.396 e. The number of aliphatic hydroxyl groups is 1. The van der Waals surface area contributed by atoms with Crippen LogP contribution in [0.3, 0.4) is 0 Å². The van der Waals surface area contributed by atoms with Gasteiger partial charge in [-0.25, -0.2) is 0 Å². The summed E-state index contributed by atoms with van der Waals surface area (Å²) in [5.74, 6) is 0. The van der Waals surface area contributed by atoms with Crippen LogP contribution >= 0.6 is 11.6 Å². The molecule has 0 bridgehead atoms. The van der Waals surface area contributed by atoms with Crippen LogP contribution in [0.25, 0.3) is 0 Å². The highest BCUT2D eigenvalue weighted by molar-refractivity contribution is 6.33. The Bertz CT molecular complexity index is 329. The van der Waals surface area contributed by atoms with Crippen LogP contribution < -0.4 is 4.90 Å². The van der Waals surface area contributed by atoms with Gasteiger partial charge < -0.3 is 10.0 Å². The molecule has 1 N–H and O–H groups in total. The van der Waals surface area contributed by atoms with Crippen molar-refractivity contribution in [2.75, 3.05) is 18.1 Å². The van der Waals surface area contributed by atoms with E-state index in [1.807, 2.05) is 18.2 Å². The molecule has 2 rings (SSSR count). The molecule has 0 aromatic heterocycles. The molecule has 0 saturated carbocycles. The normalized spacial score (nSPS) is 20.9. The van der Waals surface area contributed by atoms with Gasteiger partial charge in [0.2, 0.25) is 0 Å². The zero-order chi connectivity index (χ0) is 10.7. The van der Waals surface area contributed by atoms with Gasteiger partial charge in [-0.05, 0) is 31.4 Å². The van der Waals surface area contributed by atoms with Crippen LogP contribution in [-0.4, -0.2) is 24.3 Å². The number of halogens is 1. The molecule has 1 fully saturated rings. The molecule has 1 atom stereocenters. The molecule has 1 aromatic rings. The number of rotatable bonds is 3. The maximum absolute atomic E-state index is 9.00.